The van der Waals surface area contributed by atoms with Crippen LogP contribution < -0.4 is 5.31 Å². The van der Waals surface area contributed by atoms with Gasteiger partial charge in [0.15, 0.2) is 0 Å². The van der Waals surface area contributed by atoms with Gasteiger partial charge in [0.2, 0.25) is 0 Å². The highest BCUT2D eigenvalue weighted by Gasteiger charge is 2.22. The molecule has 0 saturated carbocycles. The minimum absolute atomic E-state index is 0.0242. The fourth-order valence-corrected chi connectivity index (χ4v) is 1.01. The Kier molecular flexibility index (Phi) is 0.930. The fraction of sp³-hybridized carbons (Fsp3) is 0.462. The van der Waals surface area contributed by atoms with Gasteiger partial charge in [-0.3, -0.25) is 4.79 Å². The highest BCUT2D eigenvalue weighted by molar-refractivity contribution is 5.94. The topological polar surface area (TPSA) is 32.3 Å². The number of piperidine rings is 1. The van der Waals surface area contributed by atoms with E-state index in [-0.39, 0.29) is 4.90 Å². The van der Waals surface area contributed by atoms with Gasteiger partial charge in [0.05, 0.1) is 8.22 Å². The van der Waals surface area contributed by atoms with Crippen LogP contribution in [0.2, 0.25) is 1.41 Å². The van der Waals surface area contributed by atoms with Gasteiger partial charge in [-0.15, -0.1) is 0 Å². The molecule has 0 radical (unpaired) electrons. The number of carbonyl (C=O) groups is 1. The molecule has 0 aliphatic carbocycles. The van der Waals surface area contributed by atoms with E-state index < -0.39 is 78.7 Å². The second kappa shape index (κ2) is 5.12. The Bertz CT molecular complexity index is 888. The summed E-state index contributed by atoms with van der Waals surface area (Å²) in [4.78, 5) is 13.1. The van der Waals surface area contributed by atoms with Gasteiger partial charge in [0.1, 0.15) is 1.41 Å². The number of carbonyl (C=O) groups excluding carboxylic acids is 1. The van der Waals surface area contributed by atoms with E-state index in [0.29, 0.717) is 7.05 Å². The van der Waals surface area contributed by atoms with E-state index in [1.807, 2.05) is 0 Å². The van der Waals surface area contributed by atoms with Crippen molar-refractivity contribution in [2.24, 2.45) is 0 Å². The van der Waals surface area contributed by atoms with Crippen LogP contribution in [0.3, 0.4) is 0 Å². The highest BCUT2D eigenvalue weighted by Crippen LogP contribution is 2.13. The first kappa shape index (κ1) is 2.91. The molecule has 1 N–H and O–H groups in total. The lowest BCUT2D eigenvalue weighted by Crippen LogP contribution is -2.43. The predicted octanol–water partition coefficient (Wildman–Crippen LogP) is 1.51. The zero-order valence-corrected chi connectivity index (χ0v) is 8.30. The maximum atomic E-state index is 13.1. The summed E-state index contributed by atoms with van der Waals surface area (Å²) in [5.74, 6) is -1.62. The molecule has 1 aromatic carbocycles. The molecule has 0 unspecified atom stereocenters. The second-order valence-corrected chi connectivity index (χ2v) is 2.80. The van der Waals surface area contributed by atoms with Crippen molar-refractivity contribution in [3.05, 3.63) is 35.8 Å². The Morgan fingerprint density at radius 1 is 1.56 bits per heavy atom. The average Bonchev–Trinajstić information content (AvgIpc) is 2.67. The molecule has 3 nitrogen and oxygen atoms in total. The van der Waals surface area contributed by atoms with Crippen LogP contribution in [0.5, 0.6) is 0 Å². The van der Waals surface area contributed by atoms with Crippen molar-refractivity contribution in [2.75, 3.05) is 20.0 Å². The molecule has 2 rings (SSSR count). The molecule has 1 aliphatic heterocycles. The van der Waals surface area contributed by atoms with Crippen LogP contribution in [0, 0.1) is 0 Å². The van der Waals surface area contributed by atoms with Crippen LogP contribution in [-0.4, -0.2) is 36.9 Å². The van der Waals surface area contributed by atoms with Gasteiger partial charge in [-0.25, -0.2) is 0 Å². The number of rotatable bonds is 2. The normalized spacial score (nSPS) is 46.4. The molecule has 1 aliphatic rings. The molecule has 1 aromatic rings. The first-order valence-corrected chi connectivity index (χ1v) is 4.30. The number of nitrogens with one attached hydrogen (secondary N) is 1. The van der Waals surface area contributed by atoms with E-state index in [4.69, 9.17) is 20.6 Å². The van der Waals surface area contributed by atoms with E-state index in [1.54, 1.807) is 0 Å². The van der Waals surface area contributed by atoms with Crippen LogP contribution >= 0.6 is 0 Å². The van der Waals surface area contributed by atoms with Gasteiger partial charge in [0.25, 0.3) is 5.91 Å². The quantitative estimate of drug-likeness (QED) is 0.840. The average molecular weight is 233 g/mol. The zero-order chi connectivity index (χ0) is 24.7. The second-order valence-electron chi connectivity index (χ2n) is 2.80. The van der Waals surface area contributed by atoms with Gasteiger partial charge in [-0.2, -0.15) is 0 Å². The minimum Gasteiger partial charge on any atom is -0.339 e. The minimum atomic E-state index is -3.73. The molecular weight excluding hydrogens is 200 g/mol. The summed E-state index contributed by atoms with van der Waals surface area (Å²) >= 11 is 0. The van der Waals surface area contributed by atoms with Crippen molar-refractivity contribution < 1.29 is 25.4 Å². The van der Waals surface area contributed by atoms with Crippen LogP contribution in [0.15, 0.2) is 30.2 Å². The summed E-state index contributed by atoms with van der Waals surface area (Å²) < 4.78 is 119. The molecule has 16 heavy (non-hydrogen) atoms. The molecule has 0 spiro atoms. The van der Waals surface area contributed by atoms with Gasteiger partial charge in [-0.05, 0) is 37.8 Å². The predicted molar refractivity (Wildman–Crippen MR) is 64.4 cm³/mol. The van der Waals surface area contributed by atoms with Crippen molar-refractivity contribution in [3.8, 4) is 0 Å². The van der Waals surface area contributed by atoms with Crippen LogP contribution in [0.1, 0.15) is 42.3 Å². The summed E-state index contributed by atoms with van der Waals surface area (Å²) in [6.07, 6.45) is -7.46. The van der Waals surface area contributed by atoms with E-state index in [2.05, 4.69) is 0 Å². The molecule has 86 valence electrons. The molecule has 1 fully saturated rings. The Balaban J connectivity index is 2.84. The molecule has 1 saturated heterocycles. The number of hydrogen-bond donors (Lipinski definition) is 1. The lowest BCUT2D eigenvalue weighted by molar-refractivity contribution is 0.0703. The number of hydrogen-bond acceptors (Lipinski definition) is 2. The smallest absolute Gasteiger partial charge is 0.253 e. The lowest BCUT2D eigenvalue weighted by Gasteiger charge is -2.31. The first-order chi connectivity index (χ1) is 13.7. The molecule has 3 heteroatoms. The molecule has 0 bridgehead atoms. The van der Waals surface area contributed by atoms with Crippen molar-refractivity contribution in [1.82, 2.24) is 10.2 Å². The monoisotopic (exact) mass is 233 g/mol. The van der Waals surface area contributed by atoms with Gasteiger partial charge in [0, 0.05) is 29.6 Å². The van der Waals surface area contributed by atoms with Crippen molar-refractivity contribution in [3.63, 3.8) is 0 Å². The Morgan fingerprint density at radius 3 is 2.81 bits per heavy atom. The first-order valence-electron chi connectivity index (χ1n) is 11.7. The summed E-state index contributed by atoms with van der Waals surface area (Å²) in [7, 11) is 0.636. The third-order valence-electron chi connectivity index (χ3n) is 1.81. The van der Waals surface area contributed by atoms with Crippen LogP contribution in [0.25, 0.3) is 0 Å². The van der Waals surface area contributed by atoms with Gasteiger partial charge >= 0.3 is 0 Å². The SMILES string of the molecule is [2H]c1c([2H])c([2H])c(C(=O)N(C)C2([2H])C([2H])([2H])C([2H])([2H])N([2H])C([2H])([2H])C2([2H])[2H])c([2H])c1[2H]. The fourth-order valence-electron chi connectivity index (χ4n) is 1.01. The molecule has 1 heterocycles. The Morgan fingerprint density at radius 2 is 2.19 bits per heavy atom. The summed E-state index contributed by atoms with van der Waals surface area (Å²) in [5, 5.41) is -0.588. The van der Waals surface area contributed by atoms with Gasteiger partial charge in [-0.1, -0.05) is 18.1 Å². The highest BCUT2D eigenvalue weighted by atomic mass is 16.2. The van der Waals surface area contributed by atoms with E-state index in [1.165, 1.54) is 0 Å². The number of nitrogens with zero attached hydrogens (tertiary/aromatic N) is 1. The summed E-state index contributed by atoms with van der Waals surface area (Å²) in [6.45, 7) is -7.23. The van der Waals surface area contributed by atoms with E-state index in [9.17, 15) is 4.79 Å². The summed E-state index contributed by atoms with van der Waals surface area (Å²) in [6, 6.07) is -8.39. The molecule has 0 aromatic heterocycles. The van der Waals surface area contributed by atoms with Gasteiger partial charge < -0.3 is 10.2 Å². The molecular formula is C13H18N2O. The van der Waals surface area contributed by atoms with Crippen LogP contribution in [-0.2, 0) is 0 Å². The van der Waals surface area contributed by atoms with E-state index >= 15 is 0 Å². The van der Waals surface area contributed by atoms with Crippen molar-refractivity contribution in [2.45, 2.75) is 18.8 Å². The largest absolute Gasteiger partial charge is 0.339 e. The van der Waals surface area contributed by atoms with Crippen molar-refractivity contribution >= 4 is 5.91 Å². The van der Waals surface area contributed by atoms with Crippen LogP contribution in [0.4, 0.5) is 0 Å². The Hall–Kier alpha value is -1.35. The maximum absolute atomic E-state index is 13.1. The van der Waals surface area contributed by atoms with E-state index in [0.717, 1.165) is 0 Å². The zero-order valence-electron chi connectivity index (χ0n) is 23.3. The maximum Gasteiger partial charge on any atom is 0.253 e. The Labute approximate surface area is 118 Å². The lowest BCUT2D eigenvalue weighted by atomic mass is 10.0. The molecule has 1 amide bonds. The number of amides is 1. The van der Waals surface area contributed by atoms with Crippen molar-refractivity contribution in [1.29, 1.82) is 0 Å². The summed E-state index contributed by atoms with van der Waals surface area (Å²) in [5.41, 5.74) is -1.03. The number of benzene rings is 1. The third kappa shape index (κ3) is 2.42. The standard InChI is InChI=1S/C13H18N2O/c1-15(12-7-9-14-10-8-12)13(16)11-5-3-2-4-6-11/h2-6,12,14H,7-10H2,1H3/i2D,3D,4D,5D,6D,7D2,8D2,9D2,10D2,12D/hD. The molecule has 0 atom stereocenters. The third-order valence-corrected chi connectivity index (χ3v) is 1.81.